The number of nitrogen functional groups attached to an aromatic ring is 1. The lowest BCUT2D eigenvalue weighted by atomic mass is 10.3. The molecule has 0 aromatic carbocycles. The normalized spacial score (nSPS) is 27.1. The summed E-state index contributed by atoms with van der Waals surface area (Å²) in [6.07, 6.45) is 4.34. The van der Waals surface area contributed by atoms with Gasteiger partial charge < -0.3 is 10.6 Å². The molecule has 4 nitrogen and oxygen atoms in total. The van der Waals surface area contributed by atoms with Crippen molar-refractivity contribution in [3.8, 4) is 0 Å². The first kappa shape index (κ1) is 8.50. The maximum atomic E-state index is 5.53. The lowest BCUT2D eigenvalue weighted by Crippen LogP contribution is -2.33. The van der Waals surface area contributed by atoms with E-state index in [4.69, 9.17) is 5.73 Å². The number of nitrogens with zero attached hydrogens (tertiary/aromatic N) is 3. The Morgan fingerprint density at radius 1 is 1.31 bits per heavy atom. The molecule has 2 rings (SSSR count). The standard InChI is InChI=1S/C8H12N4S/c1-5-3-4-6(2)12(5)8-11-10-7(9)13-8/h3-6H,1-2H3,(H2,9,10). The average Bonchev–Trinajstić information content (AvgIpc) is 2.60. The molecule has 1 aliphatic heterocycles. The smallest absolute Gasteiger partial charge is 0.210 e. The molecular weight excluding hydrogens is 184 g/mol. The summed E-state index contributed by atoms with van der Waals surface area (Å²) in [7, 11) is 0. The van der Waals surface area contributed by atoms with Crippen molar-refractivity contribution in [2.75, 3.05) is 10.6 Å². The van der Waals surface area contributed by atoms with Crippen molar-refractivity contribution in [1.82, 2.24) is 10.2 Å². The third-order valence-corrected chi connectivity index (χ3v) is 2.96. The Kier molecular flexibility index (Phi) is 1.95. The molecule has 5 heteroatoms. The van der Waals surface area contributed by atoms with E-state index < -0.39 is 0 Å². The van der Waals surface area contributed by atoms with Gasteiger partial charge in [0.15, 0.2) is 0 Å². The first-order valence-corrected chi connectivity index (χ1v) is 5.06. The molecule has 1 aromatic heterocycles. The summed E-state index contributed by atoms with van der Waals surface area (Å²) in [5.41, 5.74) is 5.53. The minimum atomic E-state index is 0.391. The Morgan fingerprint density at radius 2 is 1.92 bits per heavy atom. The van der Waals surface area contributed by atoms with Gasteiger partial charge in [-0.25, -0.2) is 0 Å². The van der Waals surface area contributed by atoms with Crippen LogP contribution in [0.3, 0.4) is 0 Å². The van der Waals surface area contributed by atoms with Crippen molar-refractivity contribution >= 4 is 21.6 Å². The summed E-state index contributed by atoms with van der Waals surface area (Å²) in [6.45, 7) is 4.27. The zero-order chi connectivity index (χ0) is 9.42. The van der Waals surface area contributed by atoms with Crippen molar-refractivity contribution in [1.29, 1.82) is 0 Å². The van der Waals surface area contributed by atoms with E-state index in [9.17, 15) is 0 Å². The topological polar surface area (TPSA) is 55.0 Å². The fourth-order valence-electron chi connectivity index (χ4n) is 1.56. The monoisotopic (exact) mass is 196 g/mol. The number of hydrogen-bond acceptors (Lipinski definition) is 5. The molecule has 1 aromatic rings. The predicted octanol–water partition coefficient (Wildman–Crippen LogP) is 1.27. The zero-order valence-electron chi connectivity index (χ0n) is 7.64. The van der Waals surface area contributed by atoms with Crippen LogP contribution < -0.4 is 10.6 Å². The molecule has 0 radical (unpaired) electrons. The molecule has 0 bridgehead atoms. The Hall–Kier alpha value is -1.10. The van der Waals surface area contributed by atoms with Gasteiger partial charge in [-0.15, -0.1) is 10.2 Å². The number of aromatic nitrogens is 2. The van der Waals surface area contributed by atoms with Crippen molar-refractivity contribution in [3.05, 3.63) is 12.2 Å². The van der Waals surface area contributed by atoms with Crippen LogP contribution in [0.2, 0.25) is 0 Å². The second kappa shape index (κ2) is 2.99. The van der Waals surface area contributed by atoms with Gasteiger partial charge in [0, 0.05) is 12.1 Å². The van der Waals surface area contributed by atoms with E-state index in [-0.39, 0.29) is 0 Å². The Bertz CT molecular complexity index is 321. The summed E-state index contributed by atoms with van der Waals surface area (Å²) < 4.78 is 0. The molecule has 2 atom stereocenters. The highest BCUT2D eigenvalue weighted by Gasteiger charge is 2.24. The first-order chi connectivity index (χ1) is 6.18. The fourth-order valence-corrected chi connectivity index (χ4v) is 2.35. The van der Waals surface area contributed by atoms with Crippen LogP contribution in [0, 0.1) is 0 Å². The minimum absolute atomic E-state index is 0.391. The van der Waals surface area contributed by atoms with Crippen LogP contribution in [0.5, 0.6) is 0 Å². The van der Waals surface area contributed by atoms with Crippen molar-refractivity contribution in [2.24, 2.45) is 0 Å². The maximum absolute atomic E-state index is 5.53. The van der Waals surface area contributed by atoms with Crippen LogP contribution in [-0.2, 0) is 0 Å². The summed E-state index contributed by atoms with van der Waals surface area (Å²) in [6, 6.07) is 0.782. The summed E-state index contributed by atoms with van der Waals surface area (Å²) >= 11 is 1.43. The molecule has 2 unspecified atom stereocenters. The molecule has 2 heterocycles. The van der Waals surface area contributed by atoms with Crippen LogP contribution >= 0.6 is 11.3 Å². The van der Waals surface area contributed by atoms with E-state index in [0.29, 0.717) is 17.2 Å². The molecule has 0 fully saturated rings. The molecule has 13 heavy (non-hydrogen) atoms. The van der Waals surface area contributed by atoms with Crippen molar-refractivity contribution < 1.29 is 0 Å². The Balaban J connectivity index is 2.26. The van der Waals surface area contributed by atoms with Crippen molar-refractivity contribution in [2.45, 2.75) is 25.9 Å². The van der Waals surface area contributed by atoms with Crippen LogP contribution in [-0.4, -0.2) is 22.3 Å². The minimum Gasteiger partial charge on any atom is -0.374 e. The van der Waals surface area contributed by atoms with Gasteiger partial charge >= 0.3 is 0 Å². The van der Waals surface area contributed by atoms with Gasteiger partial charge in [-0.05, 0) is 13.8 Å². The SMILES string of the molecule is CC1C=CC(C)N1c1nnc(N)s1. The molecule has 0 spiro atoms. The van der Waals surface area contributed by atoms with Gasteiger partial charge in [0.2, 0.25) is 10.3 Å². The second-order valence-corrected chi connectivity index (χ2v) is 4.18. The van der Waals surface area contributed by atoms with Crippen molar-refractivity contribution in [3.63, 3.8) is 0 Å². The summed E-state index contributed by atoms with van der Waals surface area (Å²) in [5, 5.41) is 9.27. The van der Waals surface area contributed by atoms with Gasteiger partial charge in [0.05, 0.1) is 0 Å². The van der Waals surface area contributed by atoms with Crippen LogP contribution in [0.1, 0.15) is 13.8 Å². The highest BCUT2D eigenvalue weighted by atomic mass is 32.1. The van der Waals surface area contributed by atoms with Gasteiger partial charge in [-0.1, -0.05) is 23.5 Å². The average molecular weight is 196 g/mol. The molecule has 0 amide bonds. The molecule has 70 valence electrons. The molecule has 2 N–H and O–H groups in total. The highest BCUT2D eigenvalue weighted by Crippen LogP contribution is 2.29. The van der Waals surface area contributed by atoms with E-state index in [1.165, 1.54) is 11.3 Å². The predicted molar refractivity (Wildman–Crippen MR) is 54.9 cm³/mol. The largest absolute Gasteiger partial charge is 0.374 e. The lowest BCUT2D eigenvalue weighted by molar-refractivity contribution is 0.718. The highest BCUT2D eigenvalue weighted by molar-refractivity contribution is 7.18. The van der Waals surface area contributed by atoms with E-state index in [2.05, 4.69) is 41.1 Å². The van der Waals surface area contributed by atoms with Gasteiger partial charge in [0.25, 0.3) is 0 Å². The fraction of sp³-hybridized carbons (Fsp3) is 0.500. The van der Waals surface area contributed by atoms with Gasteiger partial charge in [-0.2, -0.15) is 0 Å². The Labute approximate surface area is 81.1 Å². The second-order valence-electron chi connectivity index (χ2n) is 3.20. The maximum Gasteiger partial charge on any atom is 0.210 e. The van der Waals surface area contributed by atoms with Crippen LogP contribution in [0.15, 0.2) is 12.2 Å². The Morgan fingerprint density at radius 3 is 2.38 bits per heavy atom. The van der Waals surface area contributed by atoms with Gasteiger partial charge in [0.1, 0.15) is 0 Å². The number of rotatable bonds is 1. The van der Waals surface area contributed by atoms with E-state index >= 15 is 0 Å². The number of hydrogen-bond donors (Lipinski definition) is 1. The summed E-state index contributed by atoms with van der Waals surface area (Å²) in [5.74, 6) is 0. The number of anilines is 2. The van der Waals surface area contributed by atoms with E-state index in [1.54, 1.807) is 0 Å². The van der Waals surface area contributed by atoms with Crippen LogP contribution in [0.25, 0.3) is 0 Å². The summed E-state index contributed by atoms with van der Waals surface area (Å²) in [4.78, 5) is 2.20. The van der Waals surface area contributed by atoms with Crippen LogP contribution in [0.4, 0.5) is 10.3 Å². The van der Waals surface area contributed by atoms with E-state index in [1.807, 2.05) is 0 Å². The molecule has 0 saturated heterocycles. The van der Waals surface area contributed by atoms with E-state index in [0.717, 1.165) is 5.13 Å². The molecule has 1 aliphatic rings. The third-order valence-electron chi connectivity index (χ3n) is 2.20. The van der Waals surface area contributed by atoms with Gasteiger partial charge in [-0.3, -0.25) is 0 Å². The third kappa shape index (κ3) is 1.39. The quantitative estimate of drug-likeness (QED) is 0.687. The lowest BCUT2D eigenvalue weighted by Gasteiger charge is -2.24. The molecule has 0 aliphatic carbocycles. The molecule has 0 saturated carbocycles. The molecular formula is C8H12N4S. The zero-order valence-corrected chi connectivity index (χ0v) is 8.45. The number of nitrogens with two attached hydrogens (primary N) is 1. The first-order valence-electron chi connectivity index (χ1n) is 4.24.